The van der Waals surface area contributed by atoms with Crippen molar-refractivity contribution >= 4 is 34.8 Å². The smallest absolute Gasteiger partial charge is 0.226 e. The highest BCUT2D eigenvalue weighted by Gasteiger charge is 2.10. The van der Waals surface area contributed by atoms with Crippen molar-refractivity contribution in [2.75, 3.05) is 19.0 Å². The number of aromatic nitrogens is 1. The quantitative estimate of drug-likeness (QED) is 0.855. The molecule has 7 heteroatoms. The van der Waals surface area contributed by atoms with Gasteiger partial charge in [-0.2, -0.15) is 0 Å². The molecule has 1 aromatic carbocycles. The van der Waals surface area contributed by atoms with Crippen molar-refractivity contribution in [3.05, 3.63) is 29.6 Å². The van der Waals surface area contributed by atoms with E-state index in [2.05, 4.69) is 10.3 Å². The first-order valence-corrected chi connectivity index (χ1v) is 7.21. The number of hydrogen-bond acceptors (Lipinski definition) is 5. The SMILES string of the molecule is COc1ccccc1-c1csc(NC(=O)CCCN)n1.Cl. The number of rotatable bonds is 6. The lowest BCUT2D eigenvalue weighted by molar-refractivity contribution is -0.116. The number of thiazole rings is 1. The lowest BCUT2D eigenvalue weighted by atomic mass is 10.1. The van der Waals surface area contributed by atoms with Crippen molar-refractivity contribution in [2.24, 2.45) is 5.73 Å². The van der Waals surface area contributed by atoms with Gasteiger partial charge in [0.15, 0.2) is 5.13 Å². The van der Waals surface area contributed by atoms with Crippen LogP contribution in [0, 0.1) is 0 Å². The van der Waals surface area contributed by atoms with Crippen LogP contribution in [-0.4, -0.2) is 24.5 Å². The number of methoxy groups -OCH3 is 1. The monoisotopic (exact) mass is 327 g/mol. The lowest BCUT2D eigenvalue weighted by Crippen LogP contribution is -2.13. The molecule has 0 saturated heterocycles. The summed E-state index contributed by atoms with van der Waals surface area (Å²) in [5, 5.41) is 5.27. The van der Waals surface area contributed by atoms with Crippen molar-refractivity contribution < 1.29 is 9.53 Å². The number of anilines is 1. The third-order valence-electron chi connectivity index (χ3n) is 2.74. The maximum absolute atomic E-state index is 11.6. The fraction of sp³-hybridized carbons (Fsp3) is 0.286. The summed E-state index contributed by atoms with van der Waals surface area (Å²) in [4.78, 5) is 16.0. The molecule has 0 fully saturated rings. The Bertz CT molecular complexity index is 589. The number of nitrogens with one attached hydrogen (secondary N) is 1. The highest BCUT2D eigenvalue weighted by molar-refractivity contribution is 7.14. The number of hydrogen-bond donors (Lipinski definition) is 2. The molecule has 0 saturated carbocycles. The molecule has 0 aliphatic heterocycles. The Morgan fingerprint density at radius 3 is 2.90 bits per heavy atom. The van der Waals surface area contributed by atoms with Crippen LogP contribution in [-0.2, 0) is 4.79 Å². The van der Waals surface area contributed by atoms with Crippen LogP contribution >= 0.6 is 23.7 Å². The summed E-state index contributed by atoms with van der Waals surface area (Å²) in [7, 11) is 1.63. The number of carbonyl (C=O) groups excluding carboxylic acids is 1. The van der Waals surface area contributed by atoms with E-state index in [-0.39, 0.29) is 18.3 Å². The van der Waals surface area contributed by atoms with E-state index in [1.165, 1.54) is 11.3 Å². The first-order chi connectivity index (χ1) is 9.74. The van der Waals surface area contributed by atoms with Gasteiger partial charge in [-0.25, -0.2) is 4.98 Å². The molecular formula is C14H18ClN3O2S. The van der Waals surface area contributed by atoms with Gasteiger partial charge in [-0.1, -0.05) is 12.1 Å². The maximum Gasteiger partial charge on any atom is 0.226 e. The van der Waals surface area contributed by atoms with Crippen LogP contribution in [0.25, 0.3) is 11.3 Å². The van der Waals surface area contributed by atoms with E-state index < -0.39 is 0 Å². The molecule has 0 aliphatic rings. The summed E-state index contributed by atoms with van der Waals surface area (Å²) in [5.41, 5.74) is 7.08. The molecule has 0 unspecified atom stereocenters. The van der Waals surface area contributed by atoms with Crippen molar-refractivity contribution in [1.82, 2.24) is 4.98 Å². The number of halogens is 1. The molecule has 1 aromatic heterocycles. The van der Waals surface area contributed by atoms with E-state index in [0.29, 0.717) is 24.5 Å². The summed E-state index contributed by atoms with van der Waals surface area (Å²) >= 11 is 1.40. The molecular weight excluding hydrogens is 310 g/mol. The number of nitrogens with zero attached hydrogens (tertiary/aromatic N) is 1. The zero-order chi connectivity index (χ0) is 14.4. The van der Waals surface area contributed by atoms with Crippen LogP contribution < -0.4 is 15.8 Å². The zero-order valence-corrected chi connectivity index (χ0v) is 13.3. The molecule has 5 nitrogen and oxygen atoms in total. The summed E-state index contributed by atoms with van der Waals surface area (Å²) in [5.74, 6) is 0.704. The van der Waals surface area contributed by atoms with Gasteiger partial charge in [-0.3, -0.25) is 4.79 Å². The molecule has 21 heavy (non-hydrogen) atoms. The number of para-hydroxylation sites is 1. The molecule has 1 heterocycles. The van der Waals surface area contributed by atoms with Gasteiger partial charge in [0.05, 0.1) is 12.8 Å². The average molecular weight is 328 g/mol. The minimum Gasteiger partial charge on any atom is -0.496 e. The average Bonchev–Trinajstić information content (AvgIpc) is 2.93. The Kier molecular flexibility index (Phi) is 7.14. The predicted octanol–water partition coefficient (Wildman–Crippen LogP) is 2.92. The summed E-state index contributed by atoms with van der Waals surface area (Å²) in [6.45, 7) is 0.512. The summed E-state index contributed by atoms with van der Waals surface area (Å²) in [6, 6.07) is 7.66. The van der Waals surface area contributed by atoms with E-state index in [1.54, 1.807) is 7.11 Å². The number of ether oxygens (including phenoxy) is 1. The molecule has 0 bridgehead atoms. The van der Waals surface area contributed by atoms with E-state index in [1.807, 2.05) is 29.6 Å². The minimum atomic E-state index is -0.0589. The number of benzene rings is 1. The van der Waals surface area contributed by atoms with Gasteiger partial charge < -0.3 is 15.8 Å². The lowest BCUT2D eigenvalue weighted by Gasteiger charge is -2.05. The topological polar surface area (TPSA) is 77.2 Å². The van der Waals surface area contributed by atoms with Crippen molar-refractivity contribution in [3.8, 4) is 17.0 Å². The van der Waals surface area contributed by atoms with E-state index in [0.717, 1.165) is 17.0 Å². The third kappa shape index (κ3) is 4.70. The first kappa shape index (κ1) is 17.4. The van der Waals surface area contributed by atoms with Crippen molar-refractivity contribution in [2.45, 2.75) is 12.8 Å². The molecule has 0 radical (unpaired) electrons. The van der Waals surface area contributed by atoms with Crippen LogP contribution in [0.2, 0.25) is 0 Å². The highest BCUT2D eigenvalue weighted by atomic mass is 35.5. The van der Waals surface area contributed by atoms with Gasteiger partial charge in [0.25, 0.3) is 0 Å². The zero-order valence-electron chi connectivity index (χ0n) is 11.7. The fourth-order valence-corrected chi connectivity index (χ4v) is 2.48. The van der Waals surface area contributed by atoms with Crippen molar-refractivity contribution in [3.63, 3.8) is 0 Å². The minimum absolute atomic E-state index is 0. The van der Waals surface area contributed by atoms with Gasteiger partial charge in [0.2, 0.25) is 5.91 Å². The van der Waals surface area contributed by atoms with Crippen LogP contribution in [0.3, 0.4) is 0 Å². The second-order valence-corrected chi connectivity index (χ2v) is 5.04. The van der Waals surface area contributed by atoms with Gasteiger partial charge in [0, 0.05) is 17.4 Å². The second-order valence-electron chi connectivity index (χ2n) is 4.18. The van der Waals surface area contributed by atoms with Crippen LogP contribution in [0.1, 0.15) is 12.8 Å². The van der Waals surface area contributed by atoms with Crippen LogP contribution in [0.15, 0.2) is 29.6 Å². The van der Waals surface area contributed by atoms with Gasteiger partial charge in [-0.15, -0.1) is 23.7 Å². The molecule has 2 rings (SSSR count). The largest absolute Gasteiger partial charge is 0.496 e. The number of amides is 1. The second kappa shape index (κ2) is 8.61. The van der Waals surface area contributed by atoms with E-state index in [4.69, 9.17) is 10.5 Å². The van der Waals surface area contributed by atoms with Crippen LogP contribution in [0.5, 0.6) is 5.75 Å². The van der Waals surface area contributed by atoms with Gasteiger partial charge in [-0.05, 0) is 25.1 Å². The standard InChI is InChI=1S/C14H17N3O2S.ClH/c1-19-12-6-3-2-5-10(12)11-9-20-14(16-11)17-13(18)7-4-8-15;/h2-3,5-6,9H,4,7-8,15H2,1H3,(H,16,17,18);1H. The predicted molar refractivity (Wildman–Crippen MR) is 88.3 cm³/mol. The van der Waals surface area contributed by atoms with Crippen LogP contribution in [0.4, 0.5) is 5.13 Å². The fourth-order valence-electron chi connectivity index (χ4n) is 1.76. The van der Waals surface area contributed by atoms with E-state index >= 15 is 0 Å². The van der Waals surface area contributed by atoms with Gasteiger partial charge in [0.1, 0.15) is 5.75 Å². The van der Waals surface area contributed by atoms with E-state index in [9.17, 15) is 4.79 Å². The number of nitrogens with two attached hydrogens (primary N) is 1. The Hall–Kier alpha value is -1.63. The molecule has 0 spiro atoms. The normalized spacial score (nSPS) is 9.81. The number of carbonyl (C=O) groups is 1. The molecule has 3 N–H and O–H groups in total. The summed E-state index contributed by atoms with van der Waals surface area (Å²) < 4.78 is 5.31. The summed E-state index contributed by atoms with van der Waals surface area (Å²) in [6.07, 6.45) is 1.09. The molecule has 114 valence electrons. The Morgan fingerprint density at radius 2 is 2.19 bits per heavy atom. The Morgan fingerprint density at radius 1 is 1.43 bits per heavy atom. The molecule has 2 aromatic rings. The molecule has 0 atom stereocenters. The van der Waals surface area contributed by atoms with Gasteiger partial charge >= 0.3 is 0 Å². The molecule has 1 amide bonds. The Balaban J connectivity index is 0.00000220. The third-order valence-corrected chi connectivity index (χ3v) is 3.50. The Labute approximate surface area is 133 Å². The van der Waals surface area contributed by atoms with Crippen molar-refractivity contribution in [1.29, 1.82) is 0 Å². The first-order valence-electron chi connectivity index (χ1n) is 6.33. The molecule has 0 aliphatic carbocycles. The highest BCUT2D eigenvalue weighted by Crippen LogP contribution is 2.31. The maximum atomic E-state index is 11.6.